The van der Waals surface area contributed by atoms with Gasteiger partial charge in [0.05, 0.1) is 29.7 Å². The number of hydrogen-bond donors (Lipinski definition) is 1. The first-order valence-electron chi connectivity index (χ1n) is 11.2. The molecule has 5 rings (SSSR count). The lowest BCUT2D eigenvalue weighted by Gasteiger charge is -2.42. The van der Waals surface area contributed by atoms with Gasteiger partial charge in [-0.25, -0.2) is 13.6 Å². The molecule has 176 valence electrons. The summed E-state index contributed by atoms with van der Waals surface area (Å²) in [6.45, 7) is 6.50. The van der Waals surface area contributed by atoms with Crippen molar-refractivity contribution in [3.63, 3.8) is 0 Å². The van der Waals surface area contributed by atoms with Gasteiger partial charge in [-0.05, 0) is 31.5 Å². The standard InChI is InChI=1S/C23H27F2N5O3/c1-13-11-28(22(32)33-18-7-23(24,25)8-18)20-6-16(4-5-19(20)30(13)15(3)31)17-9-27-29(12-17)21-10-26-14(21)2/h4-6,9,12-14,18,21,26H,7-8,10-11H2,1-3H3/t13-,14?,21?/m0/s1. The van der Waals surface area contributed by atoms with E-state index in [0.717, 1.165) is 17.7 Å². The minimum absolute atomic E-state index is 0.137. The van der Waals surface area contributed by atoms with E-state index in [1.54, 1.807) is 11.1 Å². The number of carbonyl (C=O) groups is 2. The van der Waals surface area contributed by atoms with Crippen molar-refractivity contribution in [1.82, 2.24) is 15.1 Å². The number of anilines is 2. The number of carbonyl (C=O) groups excluding carboxylic acids is 2. The molecule has 2 fully saturated rings. The van der Waals surface area contributed by atoms with Crippen LogP contribution in [0.3, 0.4) is 0 Å². The molecule has 3 atom stereocenters. The van der Waals surface area contributed by atoms with Gasteiger partial charge in [0, 0.05) is 50.7 Å². The third-order valence-corrected chi connectivity index (χ3v) is 6.79. The van der Waals surface area contributed by atoms with E-state index in [-0.39, 0.29) is 24.5 Å². The van der Waals surface area contributed by atoms with Crippen LogP contribution in [-0.2, 0) is 9.53 Å². The maximum Gasteiger partial charge on any atom is 0.414 e. The first kappa shape index (κ1) is 21.8. The van der Waals surface area contributed by atoms with E-state index >= 15 is 0 Å². The van der Waals surface area contributed by atoms with Gasteiger partial charge in [0.2, 0.25) is 5.91 Å². The number of hydrogen-bond acceptors (Lipinski definition) is 5. The average Bonchev–Trinajstić information content (AvgIpc) is 3.19. The summed E-state index contributed by atoms with van der Waals surface area (Å²) in [4.78, 5) is 28.4. The molecule has 1 N–H and O–H groups in total. The van der Waals surface area contributed by atoms with Gasteiger partial charge in [0.25, 0.3) is 5.92 Å². The number of benzene rings is 1. The summed E-state index contributed by atoms with van der Waals surface area (Å²) >= 11 is 0. The maximum absolute atomic E-state index is 13.2. The Morgan fingerprint density at radius 3 is 2.55 bits per heavy atom. The van der Waals surface area contributed by atoms with Gasteiger partial charge in [-0.1, -0.05) is 6.07 Å². The number of alkyl halides is 2. The molecule has 0 bridgehead atoms. The molecule has 0 radical (unpaired) electrons. The number of amides is 2. The summed E-state index contributed by atoms with van der Waals surface area (Å²) in [5.74, 6) is -2.91. The smallest absolute Gasteiger partial charge is 0.414 e. The Balaban J connectivity index is 1.46. The zero-order chi connectivity index (χ0) is 23.5. The summed E-state index contributed by atoms with van der Waals surface area (Å²) in [5, 5.41) is 7.81. The van der Waals surface area contributed by atoms with Crippen molar-refractivity contribution in [2.75, 3.05) is 22.9 Å². The Morgan fingerprint density at radius 1 is 1.18 bits per heavy atom. The number of nitrogens with one attached hydrogen (secondary N) is 1. The summed E-state index contributed by atoms with van der Waals surface area (Å²) in [7, 11) is 0. The molecule has 1 saturated heterocycles. The predicted octanol–water partition coefficient (Wildman–Crippen LogP) is 3.58. The van der Waals surface area contributed by atoms with Gasteiger partial charge in [-0.15, -0.1) is 0 Å². The van der Waals surface area contributed by atoms with Crippen LogP contribution in [-0.4, -0.2) is 59.0 Å². The molecule has 1 aromatic heterocycles. The molecule has 2 amide bonds. The number of fused-ring (bicyclic) bond motifs is 1. The van der Waals surface area contributed by atoms with Crippen LogP contribution in [0.5, 0.6) is 0 Å². The maximum atomic E-state index is 13.2. The Morgan fingerprint density at radius 2 is 1.94 bits per heavy atom. The van der Waals surface area contributed by atoms with Crippen molar-refractivity contribution >= 4 is 23.4 Å². The summed E-state index contributed by atoms with van der Waals surface area (Å²) < 4.78 is 33.7. The Bertz CT molecular complexity index is 1100. The minimum Gasteiger partial charge on any atom is -0.445 e. The zero-order valence-corrected chi connectivity index (χ0v) is 18.8. The molecular formula is C23H27F2N5O3. The fraction of sp³-hybridized carbons (Fsp3) is 0.522. The van der Waals surface area contributed by atoms with Crippen molar-refractivity contribution in [3.8, 4) is 11.1 Å². The second kappa shape index (κ2) is 7.79. The topological polar surface area (TPSA) is 79.7 Å². The lowest BCUT2D eigenvalue weighted by Crippen LogP contribution is -2.53. The van der Waals surface area contributed by atoms with E-state index in [4.69, 9.17) is 4.74 Å². The zero-order valence-electron chi connectivity index (χ0n) is 18.8. The van der Waals surface area contributed by atoms with Gasteiger partial charge in [0.1, 0.15) is 6.10 Å². The van der Waals surface area contributed by atoms with Crippen molar-refractivity contribution < 1.29 is 23.1 Å². The molecule has 0 spiro atoms. The highest BCUT2D eigenvalue weighted by molar-refractivity contribution is 6.03. The normalized spacial score (nSPS) is 26.3. The summed E-state index contributed by atoms with van der Waals surface area (Å²) in [6.07, 6.45) is 1.37. The van der Waals surface area contributed by atoms with Crippen molar-refractivity contribution in [2.45, 2.75) is 63.8 Å². The minimum atomic E-state index is -2.77. The number of aromatic nitrogens is 2. The molecule has 2 unspecified atom stereocenters. The molecule has 33 heavy (non-hydrogen) atoms. The Hall–Kier alpha value is -3.01. The van der Waals surface area contributed by atoms with Crippen molar-refractivity contribution in [1.29, 1.82) is 0 Å². The molecule has 1 aliphatic carbocycles. The average molecular weight is 459 g/mol. The van der Waals surface area contributed by atoms with E-state index in [9.17, 15) is 18.4 Å². The first-order valence-corrected chi connectivity index (χ1v) is 11.2. The third-order valence-electron chi connectivity index (χ3n) is 6.79. The number of halogens is 2. The fourth-order valence-corrected chi connectivity index (χ4v) is 4.80. The van der Waals surface area contributed by atoms with E-state index < -0.39 is 31.0 Å². The van der Waals surface area contributed by atoms with Gasteiger partial charge in [-0.2, -0.15) is 5.10 Å². The van der Waals surface area contributed by atoms with Crippen LogP contribution in [0, 0.1) is 0 Å². The summed E-state index contributed by atoms with van der Waals surface area (Å²) in [6, 6.07) is 5.88. The van der Waals surface area contributed by atoms with Crippen LogP contribution < -0.4 is 15.1 Å². The molecule has 3 heterocycles. The second-order valence-electron chi connectivity index (χ2n) is 9.30. The van der Waals surface area contributed by atoms with Crippen LogP contribution in [0.2, 0.25) is 0 Å². The third kappa shape index (κ3) is 3.86. The predicted molar refractivity (Wildman–Crippen MR) is 119 cm³/mol. The van der Waals surface area contributed by atoms with Gasteiger partial charge >= 0.3 is 6.09 Å². The summed E-state index contributed by atoms with van der Waals surface area (Å²) in [5.41, 5.74) is 2.83. The van der Waals surface area contributed by atoms with Crippen LogP contribution in [0.15, 0.2) is 30.6 Å². The van der Waals surface area contributed by atoms with Crippen LogP contribution in [0.4, 0.5) is 25.0 Å². The van der Waals surface area contributed by atoms with E-state index in [1.807, 2.05) is 36.0 Å². The molecule has 10 heteroatoms. The van der Waals surface area contributed by atoms with E-state index in [1.165, 1.54) is 11.8 Å². The SMILES string of the molecule is CC(=O)N1c2ccc(-c3cnn(C4CNC4C)c3)cc2N(C(=O)OC2CC(F)(F)C2)C[C@@H]1C. The Labute approximate surface area is 190 Å². The van der Waals surface area contributed by atoms with Gasteiger partial charge in [0.15, 0.2) is 0 Å². The molecule has 1 saturated carbocycles. The fourth-order valence-electron chi connectivity index (χ4n) is 4.80. The lowest BCUT2D eigenvalue weighted by molar-refractivity contribution is -0.143. The Kier molecular flexibility index (Phi) is 5.15. The highest BCUT2D eigenvalue weighted by Gasteiger charge is 2.48. The van der Waals surface area contributed by atoms with Crippen LogP contribution in [0.1, 0.15) is 39.7 Å². The lowest BCUT2D eigenvalue weighted by atomic mass is 9.91. The quantitative estimate of drug-likeness (QED) is 0.759. The number of ether oxygens (including phenoxy) is 1. The van der Waals surface area contributed by atoms with Gasteiger partial charge in [-0.3, -0.25) is 14.4 Å². The van der Waals surface area contributed by atoms with Crippen molar-refractivity contribution in [3.05, 3.63) is 30.6 Å². The second-order valence-corrected chi connectivity index (χ2v) is 9.30. The number of nitrogens with zero attached hydrogens (tertiary/aromatic N) is 4. The number of rotatable bonds is 3. The van der Waals surface area contributed by atoms with Crippen LogP contribution in [0.25, 0.3) is 11.1 Å². The van der Waals surface area contributed by atoms with E-state index in [2.05, 4.69) is 17.3 Å². The largest absolute Gasteiger partial charge is 0.445 e. The first-order chi connectivity index (χ1) is 15.6. The molecular weight excluding hydrogens is 432 g/mol. The van der Waals surface area contributed by atoms with E-state index in [0.29, 0.717) is 17.4 Å². The molecule has 1 aromatic carbocycles. The molecule has 8 nitrogen and oxygen atoms in total. The van der Waals surface area contributed by atoms with Crippen LogP contribution >= 0.6 is 0 Å². The molecule has 2 aliphatic heterocycles. The van der Waals surface area contributed by atoms with Crippen molar-refractivity contribution in [2.24, 2.45) is 0 Å². The monoisotopic (exact) mass is 459 g/mol. The molecule has 3 aliphatic rings. The molecule has 2 aromatic rings. The highest BCUT2D eigenvalue weighted by Crippen LogP contribution is 2.42. The highest BCUT2D eigenvalue weighted by atomic mass is 19.3. The van der Waals surface area contributed by atoms with Gasteiger partial charge < -0.3 is 15.0 Å².